The first-order chi connectivity index (χ1) is 9.43. The van der Waals surface area contributed by atoms with Crippen molar-refractivity contribution in [2.45, 2.75) is 0 Å². The molecule has 4 rings (SSSR count). The highest BCUT2D eigenvalue weighted by Gasteiger charge is 2.21. The molecule has 0 saturated heterocycles. The number of rotatable bonds is 1. The van der Waals surface area contributed by atoms with Crippen molar-refractivity contribution in [2.24, 2.45) is 0 Å². The van der Waals surface area contributed by atoms with Gasteiger partial charge in [-0.05, 0) is 22.3 Å². The molecule has 0 nitrogen and oxygen atoms in total. The molecule has 3 aromatic carbocycles. The minimum absolute atomic E-state index is 1.06. The lowest BCUT2D eigenvalue weighted by atomic mass is 9.68. The molecule has 0 atom stereocenters. The van der Waals surface area contributed by atoms with Gasteiger partial charge in [0.15, 0.2) is 7.28 Å². The average molecular weight is 240 g/mol. The van der Waals surface area contributed by atoms with E-state index in [4.69, 9.17) is 0 Å². The molecule has 19 heavy (non-hydrogen) atoms. The van der Waals surface area contributed by atoms with Crippen LogP contribution in [0.2, 0.25) is 0 Å². The van der Waals surface area contributed by atoms with Gasteiger partial charge in [0.25, 0.3) is 0 Å². The second-order valence-electron chi connectivity index (χ2n) is 5.04. The molecule has 1 aliphatic heterocycles. The first kappa shape index (κ1) is 10.6. The summed E-state index contributed by atoms with van der Waals surface area (Å²) in [5.74, 6) is 0. The molecule has 0 aromatic heterocycles. The molecule has 0 aliphatic carbocycles. The van der Waals surface area contributed by atoms with Gasteiger partial charge in [-0.15, -0.1) is 0 Å². The van der Waals surface area contributed by atoms with Gasteiger partial charge >= 0.3 is 0 Å². The Morgan fingerprint density at radius 2 is 1.21 bits per heavy atom. The van der Waals surface area contributed by atoms with Crippen molar-refractivity contribution in [3.8, 4) is 22.3 Å². The minimum Gasteiger partial charge on any atom is -0.0708 e. The molecule has 0 N–H and O–H groups in total. The van der Waals surface area contributed by atoms with Gasteiger partial charge in [-0.3, -0.25) is 0 Å². The first-order valence-electron chi connectivity index (χ1n) is 6.69. The summed E-state index contributed by atoms with van der Waals surface area (Å²) in [6, 6.07) is 26.1. The van der Waals surface area contributed by atoms with E-state index in [0.29, 0.717) is 0 Å². The van der Waals surface area contributed by atoms with Gasteiger partial charge in [0.2, 0.25) is 0 Å². The summed E-state index contributed by atoms with van der Waals surface area (Å²) >= 11 is 0. The molecule has 0 bridgehead atoms. The molecule has 0 unspecified atom stereocenters. The SMILES string of the molecule is B1c2ccccc2-c2c1cccc2-c1ccccc1. The van der Waals surface area contributed by atoms with E-state index >= 15 is 0 Å². The molecular weight excluding hydrogens is 227 g/mol. The van der Waals surface area contributed by atoms with Gasteiger partial charge in [-0.1, -0.05) is 83.7 Å². The maximum atomic E-state index is 2.25. The smallest absolute Gasteiger partial charge is 0.0708 e. The number of hydrogen-bond donors (Lipinski definition) is 0. The summed E-state index contributed by atoms with van der Waals surface area (Å²) < 4.78 is 0. The molecule has 1 aliphatic rings. The van der Waals surface area contributed by atoms with Gasteiger partial charge in [0, 0.05) is 0 Å². The second-order valence-corrected chi connectivity index (χ2v) is 5.04. The minimum atomic E-state index is 1.06. The Morgan fingerprint density at radius 1 is 0.526 bits per heavy atom. The highest BCUT2D eigenvalue weighted by Crippen LogP contribution is 2.31. The largest absolute Gasteiger partial charge is 0.193 e. The third-order valence-electron chi connectivity index (χ3n) is 3.90. The Kier molecular flexibility index (Phi) is 2.31. The third-order valence-corrected chi connectivity index (χ3v) is 3.90. The number of fused-ring (bicyclic) bond motifs is 3. The third kappa shape index (κ3) is 1.62. The zero-order valence-corrected chi connectivity index (χ0v) is 10.6. The molecule has 0 saturated carbocycles. The van der Waals surface area contributed by atoms with Gasteiger partial charge in [0.05, 0.1) is 0 Å². The fourth-order valence-electron chi connectivity index (χ4n) is 3.05. The van der Waals surface area contributed by atoms with Gasteiger partial charge < -0.3 is 0 Å². The molecule has 0 fully saturated rings. The van der Waals surface area contributed by atoms with E-state index < -0.39 is 0 Å². The lowest BCUT2D eigenvalue weighted by molar-refractivity contribution is 1.63. The van der Waals surface area contributed by atoms with Crippen molar-refractivity contribution in [1.29, 1.82) is 0 Å². The van der Waals surface area contributed by atoms with Gasteiger partial charge in [-0.2, -0.15) is 0 Å². The normalized spacial score (nSPS) is 11.6. The van der Waals surface area contributed by atoms with E-state index in [0.717, 1.165) is 7.28 Å². The van der Waals surface area contributed by atoms with Crippen LogP contribution in [-0.2, 0) is 0 Å². The van der Waals surface area contributed by atoms with Gasteiger partial charge in [0.1, 0.15) is 0 Å². The van der Waals surface area contributed by atoms with E-state index in [-0.39, 0.29) is 0 Å². The molecule has 3 aromatic rings. The number of benzene rings is 3. The van der Waals surface area contributed by atoms with E-state index in [1.165, 1.54) is 33.2 Å². The Labute approximate surface area is 114 Å². The van der Waals surface area contributed by atoms with Crippen LogP contribution in [-0.4, -0.2) is 7.28 Å². The average Bonchev–Trinajstić information content (AvgIpc) is 2.86. The van der Waals surface area contributed by atoms with Crippen molar-refractivity contribution in [2.75, 3.05) is 0 Å². The Bertz CT molecular complexity index is 745. The summed E-state index contributed by atoms with van der Waals surface area (Å²) in [7, 11) is 1.06. The van der Waals surface area contributed by atoms with E-state index in [9.17, 15) is 0 Å². The molecule has 0 radical (unpaired) electrons. The molecule has 1 heteroatoms. The summed E-state index contributed by atoms with van der Waals surface area (Å²) in [4.78, 5) is 0. The van der Waals surface area contributed by atoms with Crippen molar-refractivity contribution >= 4 is 18.2 Å². The van der Waals surface area contributed by atoms with Crippen LogP contribution in [0.4, 0.5) is 0 Å². The summed E-state index contributed by atoms with van der Waals surface area (Å²) in [5, 5.41) is 0. The van der Waals surface area contributed by atoms with Crippen LogP contribution < -0.4 is 10.9 Å². The van der Waals surface area contributed by atoms with Crippen LogP contribution in [0, 0.1) is 0 Å². The predicted molar refractivity (Wildman–Crippen MR) is 83.7 cm³/mol. The van der Waals surface area contributed by atoms with Crippen LogP contribution >= 0.6 is 0 Å². The fraction of sp³-hybridized carbons (Fsp3) is 0. The molecule has 0 amide bonds. The van der Waals surface area contributed by atoms with E-state index in [2.05, 4.69) is 72.8 Å². The Hall–Kier alpha value is -2.28. The fourth-order valence-corrected chi connectivity index (χ4v) is 3.05. The molecular formula is C18H13B. The van der Waals surface area contributed by atoms with Crippen LogP contribution in [0.1, 0.15) is 0 Å². The summed E-state index contributed by atoms with van der Waals surface area (Å²) in [5.41, 5.74) is 8.36. The van der Waals surface area contributed by atoms with Crippen LogP contribution in [0.15, 0.2) is 72.8 Å². The Balaban J connectivity index is 2.01. The predicted octanol–water partition coefficient (Wildman–Crippen LogP) is 2.72. The topological polar surface area (TPSA) is 0 Å². The lowest BCUT2D eigenvalue weighted by Crippen LogP contribution is -2.20. The van der Waals surface area contributed by atoms with Crippen molar-refractivity contribution in [3.05, 3.63) is 72.8 Å². The maximum absolute atomic E-state index is 2.25. The van der Waals surface area contributed by atoms with Crippen molar-refractivity contribution in [1.82, 2.24) is 0 Å². The van der Waals surface area contributed by atoms with E-state index in [1.807, 2.05) is 0 Å². The zero-order chi connectivity index (χ0) is 12.7. The zero-order valence-electron chi connectivity index (χ0n) is 10.6. The standard InChI is InChI=1S/C18H13B/c1-2-7-13(8-3-1)14-10-6-12-17-18(14)15-9-4-5-11-16(15)19-17/h1-12,19H. The lowest BCUT2D eigenvalue weighted by Gasteiger charge is -2.10. The van der Waals surface area contributed by atoms with Crippen LogP contribution in [0.3, 0.4) is 0 Å². The number of hydrogen-bond acceptors (Lipinski definition) is 0. The maximum Gasteiger partial charge on any atom is 0.193 e. The van der Waals surface area contributed by atoms with E-state index in [1.54, 1.807) is 0 Å². The van der Waals surface area contributed by atoms with Crippen molar-refractivity contribution in [3.63, 3.8) is 0 Å². The van der Waals surface area contributed by atoms with Gasteiger partial charge in [-0.25, -0.2) is 0 Å². The van der Waals surface area contributed by atoms with Crippen LogP contribution in [0.25, 0.3) is 22.3 Å². The quantitative estimate of drug-likeness (QED) is 0.449. The highest BCUT2D eigenvalue weighted by atomic mass is 14.2. The monoisotopic (exact) mass is 240 g/mol. The second kappa shape index (κ2) is 4.13. The first-order valence-corrected chi connectivity index (χ1v) is 6.69. The molecule has 1 heterocycles. The van der Waals surface area contributed by atoms with Crippen LogP contribution in [0.5, 0.6) is 0 Å². The summed E-state index contributed by atoms with van der Waals surface area (Å²) in [6.07, 6.45) is 0. The molecule has 88 valence electrons. The molecule has 0 spiro atoms. The summed E-state index contributed by atoms with van der Waals surface area (Å²) in [6.45, 7) is 0. The Morgan fingerprint density at radius 3 is 2.11 bits per heavy atom. The highest BCUT2D eigenvalue weighted by molar-refractivity contribution is 6.73. The van der Waals surface area contributed by atoms with Crippen molar-refractivity contribution < 1.29 is 0 Å².